The van der Waals surface area contributed by atoms with Gasteiger partial charge in [0.05, 0.1) is 24.9 Å². The molecule has 0 fully saturated rings. The van der Waals surface area contributed by atoms with Crippen LogP contribution in [0, 0.1) is 0 Å². The van der Waals surface area contributed by atoms with E-state index in [0.717, 1.165) is 5.75 Å². The maximum absolute atomic E-state index is 11.9. The highest BCUT2D eigenvalue weighted by Crippen LogP contribution is 2.17. The van der Waals surface area contributed by atoms with Crippen molar-refractivity contribution in [3.05, 3.63) is 48.3 Å². The van der Waals surface area contributed by atoms with Crippen molar-refractivity contribution in [2.45, 2.75) is 13.3 Å². The summed E-state index contributed by atoms with van der Waals surface area (Å²) in [6, 6.07) is 10.8. The van der Waals surface area contributed by atoms with Gasteiger partial charge in [-0.1, -0.05) is 6.07 Å². The van der Waals surface area contributed by atoms with E-state index < -0.39 is 0 Å². The van der Waals surface area contributed by atoms with Crippen LogP contribution in [0.4, 0.5) is 11.4 Å². The van der Waals surface area contributed by atoms with Crippen molar-refractivity contribution in [2.24, 2.45) is 0 Å². The van der Waals surface area contributed by atoms with Crippen LogP contribution in [-0.4, -0.2) is 17.5 Å². The lowest BCUT2D eigenvalue weighted by atomic mass is 10.2. The van der Waals surface area contributed by atoms with Crippen LogP contribution in [0.2, 0.25) is 0 Å². The minimum absolute atomic E-state index is 0.129. The number of carbonyl (C=O) groups is 1. The fraction of sp³-hybridized carbons (Fsp3) is 0.200. The van der Waals surface area contributed by atoms with Gasteiger partial charge in [0.15, 0.2) is 0 Å². The van der Waals surface area contributed by atoms with E-state index in [4.69, 9.17) is 10.5 Å². The van der Waals surface area contributed by atoms with Crippen molar-refractivity contribution in [1.82, 2.24) is 4.98 Å². The Morgan fingerprint density at radius 1 is 1.35 bits per heavy atom. The molecule has 0 bridgehead atoms. The number of aromatic nitrogens is 1. The van der Waals surface area contributed by atoms with E-state index in [2.05, 4.69) is 10.3 Å². The van der Waals surface area contributed by atoms with E-state index in [1.54, 1.807) is 24.4 Å². The van der Waals surface area contributed by atoms with Gasteiger partial charge in [-0.2, -0.15) is 0 Å². The number of nitrogens with zero attached hydrogens (tertiary/aromatic N) is 1. The van der Waals surface area contributed by atoms with E-state index in [1.807, 2.05) is 25.1 Å². The molecule has 0 radical (unpaired) electrons. The van der Waals surface area contributed by atoms with Crippen molar-refractivity contribution < 1.29 is 9.53 Å². The monoisotopic (exact) mass is 271 g/mol. The van der Waals surface area contributed by atoms with Crippen LogP contribution in [-0.2, 0) is 11.2 Å². The number of nitrogens with two attached hydrogens (primary N) is 1. The maximum atomic E-state index is 11.9. The van der Waals surface area contributed by atoms with Crippen LogP contribution in [0.3, 0.4) is 0 Å². The fourth-order valence-electron chi connectivity index (χ4n) is 1.74. The number of nitrogen functional groups attached to an aromatic ring is 1. The summed E-state index contributed by atoms with van der Waals surface area (Å²) >= 11 is 0. The molecule has 1 amide bonds. The molecule has 0 saturated carbocycles. The molecule has 5 nitrogen and oxygen atoms in total. The Kier molecular flexibility index (Phi) is 4.55. The number of ether oxygens (including phenoxy) is 1. The van der Waals surface area contributed by atoms with Gasteiger partial charge in [-0.3, -0.25) is 9.78 Å². The van der Waals surface area contributed by atoms with Crippen LogP contribution < -0.4 is 15.8 Å². The molecule has 0 spiro atoms. The third-order valence-corrected chi connectivity index (χ3v) is 2.62. The highest BCUT2D eigenvalue weighted by molar-refractivity contribution is 5.92. The maximum Gasteiger partial charge on any atom is 0.230 e. The molecule has 1 heterocycles. The van der Waals surface area contributed by atoms with Gasteiger partial charge in [-0.15, -0.1) is 0 Å². The highest BCUT2D eigenvalue weighted by atomic mass is 16.5. The van der Waals surface area contributed by atoms with Gasteiger partial charge < -0.3 is 15.8 Å². The van der Waals surface area contributed by atoms with Crippen molar-refractivity contribution in [2.75, 3.05) is 17.7 Å². The minimum atomic E-state index is -0.129. The average Bonchev–Trinajstić information content (AvgIpc) is 2.42. The zero-order valence-electron chi connectivity index (χ0n) is 11.3. The van der Waals surface area contributed by atoms with Gasteiger partial charge in [0, 0.05) is 17.4 Å². The van der Waals surface area contributed by atoms with E-state index in [1.165, 1.54) is 0 Å². The lowest BCUT2D eigenvalue weighted by Crippen LogP contribution is -2.15. The number of pyridine rings is 1. The number of carbonyl (C=O) groups excluding carboxylic acids is 1. The highest BCUT2D eigenvalue weighted by Gasteiger charge is 2.06. The van der Waals surface area contributed by atoms with Gasteiger partial charge in [0.25, 0.3) is 0 Å². The molecule has 5 heteroatoms. The lowest BCUT2D eigenvalue weighted by molar-refractivity contribution is -0.115. The molecular weight excluding hydrogens is 254 g/mol. The molecule has 1 aromatic heterocycles. The summed E-state index contributed by atoms with van der Waals surface area (Å²) in [6.07, 6.45) is 1.75. The molecule has 2 aromatic rings. The van der Waals surface area contributed by atoms with Gasteiger partial charge >= 0.3 is 0 Å². The SMILES string of the molecule is CCOc1cccc(NC(=O)Cc2ccc(N)cn2)c1. The average molecular weight is 271 g/mol. The standard InChI is InChI=1S/C15H17N3O2/c1-2-20-14-5-3-4-13(8-14)18-15(19)9-12-7-6-11(16)10-17-12/h3-8,10H,2,9,16H2,1H3,(H,18,19). The van der Waals surface area contributed by atoms with Gasteiger partial charge in [-0.05, 0) is 31.2 Å². The van der Waals surface area contributed by atoms with Crippen LogP contribution in [0.15, 0.2) is 42.6 Å². The van der Waals surface area contributed by atoms with Crippen LogP contribution >= 0.6 is 0 Å². The second-order valence-corrected chi connectivity index (χ2v) is 4.27. The predicted molar refractivity (Wildman–Crippen MR) is 78.6 cm³/mol. The van der Waals surface area contributed by atoms with Gasteiger partial charge in [0.1, 0.15) is 5.75 Å². The first-order valence-electron chi connectivity index (χ1n) is 6.40. The summed E-state index contributed by atoms with van der Waals surface area (Å²) in [4.78, 5) is 16.0. The Hall–Kier alpha value is -2.56. The summed E-state index contributed by atoms with van der Waals surface area (Å²) in [5, 5.41) is 2.81. The first kappa shape index (κ1) is 13.9. The zero-order chi connectivity index (χ0) is 14.4. The molecule has 0 aliphatic rings. The van der Waals surface area contributed by atoms with Gasteiger partial charge in [0.2, 0.25) is 5.91 Å². The number of anilines is 2. The molecule has 1 aromatic carbocycles. The topological polar surface area (TPSA) is 77.2 Å². The lowest BCUT2D eigenvalue weighted by Gasteiger charge is -2.08. The number of hydrogen-bond acceptors (Lipinski definition) is 4. The van der Waals surface area contributed by atoms with Crippen LogP contribution in [0.25, 0.3) is 0 Å². The molecule has 0 unspecified atom stereocenters. The Labute approximate surface area is 117 Å². The first-order chi connectivity index (χ1) is 9.67. The molecule has 0 atom stereocenters. The smallest absolute Gasteiger partial charge is 0.230 e. The van der Waals surface area contributed by atoms with E-state index >= 15 is 0 Å². The molecule has 2 rings (SSSR count). The number of benzene rings is 1. The Morgan fingerprint density at radius 2 is 2.20 bits per heavy atom. The quantitative estimate of drug-likeness (QED) is 0.874. The number of rotatable bonds is 5. The van der Waals surface area contributed by atoms with E-state index in [-0.39, 0.29) is 12.3 Å². The minimum Gasteiger partial charge on any atom is -0.494 e. The molecule has 0 saturated heterocycles. The third-order valence-electron chi connectivity index (χ3n) is 2.62. The normalized spacial score (nSPS) is 10.1. The Morgan fingerprint density at radius 3 is 2.90 bits per heavy atom. The van der Waals surface area contributed by atoms with Crippen molar-refractivity contribution in [3.63, 3.8) is 0 Å². The largest absolute Gasteiger partial charge is 0.494 e. The summed E-state index contributed by atoms with van der Waals surface area (Å²) < 4.78 is 5.38. The van der Waals surface area contributed by atoms with E-state index in [0.29, 0.717) is 23.7 Å². The Bertz CT molecular complexity index is 582. The van der Waals surface area contributed by atoms with Crippen LogP contribution in [0.5, 0.6) is 5.75 Å². The number of nitrogens with one attached hydrogen (secondary N) is 1. The molecule has 0 aliphatic heterocycles. The number of hydrogen-bond donors (Lipinski definition) is 2. The van der Waals surface area contributed by atoms with E-state index in [9.17, 15) is 4.79 Å². The summed E-state index contributed by atoms with van der Waals surface area (Å²) in [6.45, 7) is 2.50. The fourth-order valence-corrected chi connectivity index (χ4v) is 1.74. The molecular formula is C15H17N3O2. The molecule has 0 aliphatic carbocycles. The van der Waals surface area contributed by atoms with Gasteiger partial charge in [-0.25, -0.2) is 0 Å². The zero-order valence-corrected chi connectivity index (χ0v) is 11.3. The molecule has 20 heavy (non-hydrogen) atoms. The number of amides is 1. The predicted octanol–water partition coefficient (Wildman–Crippen LogP) is 2.24. The summed E-state index contributed by atoms with van der Waals surface area (Å²) in [7, 11) is 0. The Balaban J connectivity index is 1.97. The second kappa shape index (κ2) is 6.56. The summed E-state index contributed by atoms with van der Waals surface area (Å²) in [5.74, 6) is 0.604. The van der Waals surface area contributed by atoms with Crippen LogP contribution in [0.1, 0.15) is 12.6 Å². The first-order valence-corrected chi connectivity index (χ1v) is 6.40. The summed E-state index contributed by atoms with van der Waals surface area (Å²) in [5.41, 5.74) is 7.51. The van der Waals surface area contributed by atoms with Crippen molar-refractivity contribution in [1.29, 1.82) is 0 Å². The van der Waals surface area contributed by atoms with Crippen molar-refractivity contribution in [3.8, 4) is 5.75 Å². The third kappa shape index (κ3) is 3.98. The van der Waals surface area contributed by atoms with Crippen molar-refractivity contribution >= 4 is 17.3 Å². The molecule has 3 N–H and O–H groups in total. The molecule has 104 valence electrons. The second-order valence-electron chi connectivity index (χ2n) is 4.27.